The number of hydrogen-bond acceptors (Lipinski definition) is 3. The zero-order valence-corrected chi connectivity index (χ0v) is 7.37. The number of carbonyl (C=O) groups is 1. The van der Waals surface area contributed by atoms with E-state index in [1.807, 2.05) is 6.08 Å². The molecular formula is C9H13NO2. The van der Waals surface area contributed by atoms with Crippen LogP contribution in [0.1, 0.15) is 26.7 Å². The summed E-state index contributed by atoms with van der Waals surface area (Å²) in [5.41, 5.74) is 1.19. The molecular weight excluding hydrogens is 154 g/mol. The van der Waals surface area contributed by atoms with Gasteiger partial charge in [-0.1, -0.05) is 6.08 Å². The van der Waals surface area contributed by atoms with E-state index in [0.29, 0.717) is 17.8 Å². The molecule has 0 aliphatic carbocycles. The van der Waals surface area contributed by atoms with Gasteiger partial charge in [-0.15, -0.1) is 0 Å². The highest BCUT2D eigenvalue weighted by atomic mass is 16.3. The van der Waals surface area contributed by atoms with Crippen molar-refractivity contribution in [3.8, 4) is 0 Å². The van der Waals surface area contributed by atoms with E-state index >= 15 is 0 Å². The van der Waals surface area contributed by atoms with Crippen molar-refractivity contribution in [2.45, 2.75) is 32.8 Å². The number of allylic oxidation sites excluding steroid dienone is 1. The predicted octanol–water partition coefficient (Wildman–Crippen LogP) is 1.07. The Balaban J connectivity index is 2.81. The minimum atomic E-state index is -0.570. The van der Waals surface area contributed by atoms with Crippen LogP contribution in [0.2, 0.25) is 0 Å². The molecule has 0 aromatic rings. The van der Waals surface area contributed by atoms with Crippen LogP contribution in [-0.4, -0.2) is 22.7 Å². The maximum absolute atomic E-state index is 10.9. The summed E-state index contributed by atoms with van der Waals surface area (Å²) in [4.78, 5) is 15.0. The molecule has 1 unspecified atom stereocenters. The van der Waals surface area contributed by atoms with Crippen LogP contribution < -0.4 is 0 Å². The number of hydrogen-bond donors (Lipinski definition) is 1. The molecule has 0 amide bonds. The third-order valence-corrected chi connectivity index (χ3v) is 1.83. The van der Waals surface area contributed by atoms with Crippen molar-refractivity contribution < 1.29 is 9.90 Å². The first kappa shape index (κ1) is 9.13. The standard InChI is InChI=1S/C9H13NO2/c1-6(11)8-4-3-5-9(10-8)7(2)12/h4,6,11H,3,5H2,1-2H3. The third-order valence-electron chi connectivity index (χ3n) is 1.83. The lowest BCUT2D eigenvalue weighted by Gasteiger charge is -2.12. The summed E-state index contributed by atoms with van der Waals surface area (Å²) in [7, 11) is 0. The molecule has 1 N–H and O–H groups in total. The van der Waals surface area contributed by atoms with Gasteiger partial charge in [-0.2, -0.15) is 0 Å². The fraction of sp³-hybridized carbons (Fsp3) is 0.556. The summed E-state index contributed by atoms with van der Waals surface area (Å²) in [6, 6.07) is 0. The first-order chi connectivity index (χ1) is 5.61. The summed E-state index contributed by atoms with van der Waals surface area (Å²) < 4.78 is 0. The van der Waals surface area contributed by atoms with Crippen LogP contribution in [0.15, 0.2) is 16.8 Å². The molecule has 0 bridgehead atoms. The van der Waals surface area contributed by atoms with Crippen molar-refractivity contribution in [3.63, 3.8) is 0 Å². The second-order valence-electron chi connectivity index (χ2n) is 2.96. The summed E-state index contributed by atoms with van der Waals surface area (Å²) in [6.45, 7) is 3.15. The van der Waals surface area contributed by atoms with Gasteiger partial charge in [0.1, 0.15) is 0 Å². The number of aliphatic imine (C=N–C) groups is 1. The monoisotopic (exact) mass is 167 g/mol. The van der Waals surface area contributed by atoms with E-state index < -0.39 is 6.10 Å². The molecule has 0 saturated heterocycles. The molecule has 0 radical (unpaired) electrons. The van der Waals surface area contributed by atoms with E-state index in [1.54, 1.807) is 6.92 Å². The van der Waals surface area contributed by atoms with E-state index in [4.69, 9.17) is 0 Å². The lowest BCUT2D eigenvalue weighted by atomic mass is 10.1. The van der Waals surface area contributed by atoms with Crippen molar-refractivity contribution in [2.75, 3.05) is 0 Å². The van der Waals surface area contributed by atoms with Crippen molar-refractivity contribution in [1.82, 2.24) is 0 Å². The number of carbonyl (C=O) groups excluding carboxylic acids is 1. The number of Topliss-reactive ketones (excluding diaryl/α,β-unsaturated/α-hetero) is 1. The second kappa shape index (κ2) is 3.63. The van der Waals surface area contributed by atoms with Gasteiger partial charge >= 0.3 is 0 Å². The van der Waals surface area contributed by atoms with Crippen LogP contribution in [0.4, 0.5) is 0 Å². The van der Waals surface area contributed by atoms with Crippen LogP contribution in [0.3, 0.4) is 0 Å². The van der Waals surface area contributed by atoms with Gasteiger partial charge in [0.2, 0.25) is 0 Å². The zero-order valence-electron chi connectivity index (χ0n) is 7.37. The summed E-state index contributed by atoms with van der Waals surface area (Å²) in [6.07, 6.45) is 2.81. The lowest BCUT2D eigenvalue weighted by Crippen LogP contribution is -2.16. The minimum absolute atomic E-state index is 0.00116. The quantitative estimate of drug-likeness (QED) is 0.669. The molecule has 0 spiro atoms. The molecule has 1 heterocycles. The molecule has 3 nitrogen and oxygen atoms in total. The molecule has 0 aromatic heterocycles. The van der Waals surface area contributed by atoms with Gasteiger partial charge in [-0.25, -0.2) is 0 Å². The number of nitrogens with zero attached hydrogens (tertiary/aromatic N) is 1. The Kier molecular flexibility index (Phi) is 2.76. The SMILES string of the molecule is CC(=O)C1=NC(C(C)O)=CCC1. The molecule has 0 aromatic carbocycles. The van der Waals surface area contributed by atoms with Gasteiger partial charge < -0.3 is 5.11 Å². The normalized spacial score (nSPS) is 19.6. The lowest BCUT2D eigenvalue weighted by molar-refractivity contribution is -0.111. The Morgan fingerprint density at radius 2 is 2.42 bits per heavy atom. The molecule has 12 heavy (non-hydrogen) atoms. The van der Waals surface area contributed by atoms with Gasteiger partial charge in [0.05, 0.1) is 17.5 Å². The Morgan fingerprint density at radius 1 is 1.75 bits per heavy atom. The third kappa shape index (κ3) is 2.01. The van der Waals surface area contributed by atoms with Crippen molar-refractivity contribution >= 4 is 11.5 Å². The largest absolute Gasteiger partial charge is 0.387 e. The fourth-order valence-electron chi connectivity index (χ4n) is 1.13. The molecule has 0 fully saturated rings. The average Bonchev–Trinajstić information content (AvgIpc) is 2.04. The van der Waals surface area contributed by atoms with Crippen LogP contribution in [0.25, 0.3) is 0 Å². The van der Waals surface area contributed by atoms with Crippen molar-refractivity contribution in [2.24, 2.45) is 4.99 Å². The Hall–Kier alpha value is -0.960. The number of aliphatic hydroxyl groups is 1. The molecule has 66 valence electrons. The van der Waals surface area contributed by atoms with E-state index in [9.17, 15) is 9.90 Å². The fourth-order valence-corrected chi connectivity index (χ4v) is 1.13. The van der Waals surface area contributed by atoms with E-state index in [2.05, 4.69) is 4.99 Å². The Bertz CT molecular complexity index is 251. The van der Waals surface area contributed by atoms with Gasteiger partial charge in [-0.05, 0) is 19.8 Å². The second-order valence-corrected chi connectivity index (χ2v) is 2.96. The zero-order chi connectivity index (χ0) is 9.14. The first-order valence-corrected chi connectivity index (χ1v) is 4.08. The highest BCUT2D eigenvalue weighted by Gasteiger charge is 2.13. The van der Waals surface area contributed by atoms with Crippen LogP contribution in [0, 0.1) is 0 Å². The Morgan fingerprint density at radius 3 is 2.92 bits per heavy atom. The number of aliphatic hydroxyl groups excluding tert-OH is 1. The van der Waals surface area contributed by atoms with E-state index in [-0.39, 0.29) is 5.78 Å². The van der Waals surface area contributed by atoms with E-state index in [0.717, 1.165) is 6.42 Å². The highest BCUT2D eigenvalue weighted by molar-refractivity contribution is 6.39. The maximum atomic E-state index is 10.9. The van der Waals surface area contributed by atoms with Crippen molar-refractivity contribution in [1.29, 1.82) is 0 Å². The van der Waals surface area contributed by atoms with Crippen molar-refractivity contribution in [3.05, 3.63) is 11.8 Å². The Labute approximate surface area is 71.8 Å². The smallest absolute Gasteiger partial charge is 0.173 e. The van der Waals surface area contributed by atoms with Crippen LogP contribution >= 0.6 is 0 Å². The van der Waals surface area contributed by atoms with Gasteiger partial charge in [0, 0.05) is 6.92 Å². The molecule has 3 heteroatoms. The summed E-state index contributed by atoms with van der Waals surface area (Å²) in [5, 5.41) is 9.19. The van der Waals surface area contributed by atoms with Crippen LogP contribution in [0.5, 0.6) is 0 Å². The molecule has 1 aliphatic heterocycles. The highest BCUT2D eigenvalue weighted by Crippen LogP contribution is 2.14. The van der Waals surface area contributed by atoms with Crippen LogP contribution in [-0.2, 0) is 4.79 Å². The number of ketones is 1. The first-order valence-electron chi connectivity index (χ1n) is 4.08. The molecule has 1 aliphatic rings. The van der Waals surface area contributed by atoms with Gasteiger partial charge in [-0.3, -0.25) is 9.79 Å². The van der Waals surface area contributed by atoms with Gasteiger partial charge in [0.15, 0.2) is 5.78 Å². The summed E-state index contributed by atoms with van der Waals surface area (Å²) in [5.74, 6) is 0.00116. The molecule has 0 saturated carbocycles. The molecule has 1 rings (SSSR count). The number of rotatable bonds is 2. The maximum Gasteiger partial charge on any atom is 0.173 e. The van der Waals surface area contributed by atoms with Gasteiger partial charge in [0.25, 0.3) is 0 Å². The minimum Gasteiger partial charge on any atom is -0.387 e. The molecule has 1 atom stereocenters. The summed E-state index contributed by atoms with van der Waals surface area (Å²) >= 11 is 0. The topological polar surface area (TPSA) is 49.7 Å². The predicted molar refractivity (Wildman–Crippen MR) is 47.1 cm³/mol. The average molecular weight is 167 g/mol. The van der Waals surface area contributed by atoms with E-state index in [1.165, 1.54) is 6.92 Å².